The molecule has 0 aliphatic heterocycles. The molecule has 1 aromatic heterocycles. The summed E-state index contributed by atoms with van der Waals surface area (Å²) >= 11 is 3.45. The first-order valence-corrected chi connectivity index (χ1v) is 6.49. The minimum absolute atomic E-state index is 0.275. The Morgan fingerprint density at radius 3 is 2.33 bits per heavy atom. The predicted octanol–water partition coefficient (Wildman–Crippen LogP) is 4.33. The third kappa shape index (κ3) is 1.66. The van der Waals surface area contributed by atoms with Crippen LogP contribution in [0.2, 0.25) is 0 Å². The van der Waals surface area contributed by atoms with Crippen LogP contribution in [0.1, 0.15) is 11.1 Å². The summed E-state index contributed by atoms with van der Waals surface area (Å²) in [7, 11) is 0. The number of aryl methyl sites for hydroxylation is 2. The van der Waals surface area contributed by atoms with Crippen LogP contribution in [0.4, 0.5) is 0 Å². The SMILES string of the molecule is Cc1cc2c(=O)oc3ccc(Br)cc3c2cc1C. The second-order valence-corrected chi connectivity index (χ2v) is 5.43. The number of hydrogen-bond donors (Lipinski definition) is 0. The molecule has 0 aliphatic rings. The largest absolute Gasteiger partial charge is 0.422 e. The lowest BCUT2D eigenvalue weighted by Crippen LogP contribution is -2.01. The second-order valence-electron chi connectivity index (χ2n) is 4.51. The molecule has 2 nitrogen and oxygen atoms in total. The van der Waals surface area contributed by atoms with Crippen molar-refractivity contribution in [2.24, 2.45) is 0 Å². The lowest BCUT2D eigenvalue weighted by molar-refractivity contribution is 0.569. The molecule has 1 heterocycles. The highest BCUT2D eigenvalue weighted by molar-refractivity contribution is 9.10. The van der Waals surface area contributed by atoms with E-state index in [1.807, 2.05) is 38.1 Å². The normalized spacial score (nSPS) is 11.3. The Bertz CT molecular complexity index is 831. The number of halogens is 1. The van der Waals surface area contributed by atoms with E-state index in [-0.39, 0.29) is 5.63 Å². The van der Waals surface area contributed by atoms with Gasteiger partial charge in [0.2, 0.25) is 0 Å². The summed E-state index contributed by atoms with van der Waals surface area (Å²) in [5.74, 6) is 0. The molecule has 0 unspecified atom stereocenters. The monoisotopic (exact) mass is 302 g/mol. The van der Waals surface area contributed by atoms with Crippen LogP contribution in [0, 0.1) is 13.8 Å². The van der Waals surface area contributed by atoms with Gasteiger partial charge < -0.3 is 4.42 Å². The van der Waals surface area contributed by atoms with E-state index in [9.17, 15) is 4.79 Å². The minimum Gasteiger partial charge on any atom is -0.422 e. The predicted molar refractivity (Wildman–Crippen MR) is 77.2 cm³/mol. The van der Waals surface area contributed by atoms with Crippen LogP contribution in [-0.2, 0) is 0 Å². The van der Waals surface area contributed by atoms with E-state index in [0.717, 1.165) is 20.8 Å². The van der Waals surface area contributed by atoms with E-state index in [0.29, 0.717) is 11.0 Å². The molecule has 3 aromatic rings. The summed E-state index contributed by atoms with van der Waals surface area (Å²) in [5, 5.41) is 2.55. The molecule has 18 heavy (non-hydrogen) atoms. The molecule has 3 heteroatoms. The van der Waals surface area contributed by atoms with Crippen LogP contribution < -0.4 is 5.63 Å². The highest BCUT2D eigenvalue weighted by Gasteiger charge is 2.09. The van der Waals surface area contributed by atoms with Gasteiger partial charge in [-0.15, -0.1) is 0 Å². The number of fused-ring (bicyclic) bond motifs is 3. The number of hydrogen-bond acceptors (Lipinski definition) is 2. The Hall–Kier alpha value is -1.61. The lowest BCUT2D eigenvalue weighted by atomic mass is 10.0. The van der Waals surface area contributed by atoms with Crippen LogP contribution in [0.15, 0.2) is 44.0 Å². The average molecular weight is 303 g/mol. The fourth-order valence-corrected chi connectivity index (χ4v) is 2.53. The highest BCUT2D eigenvalue weighted by atomic mass is 79.9. The van der Waals surface area contributed by atoms with Gasteiger partial charge in [0.25, 0.3) is 0 Å². The van der Waals surface area contributed by atoms with Gasteiger partial charge in [-0.2, -0.15) is 0 Å². The summed E-state index contributed by atoms with van der Waals surface area (Å²) in [6.45, 7) is 4.05. The van der Waals surface area contributed by atoms with Crippen molar-refractivity contribution in [3.05, 3.63) is 56.4 Å². The van der Waals surface area contributed by atoms with Crippen molar-refractivity contribution >= 4 is 37.7 Å². The Labute approximate surface area is 112 Å². The Morgan fingerprint density at radius 1 is 0.944 bits per heavy atom. The summed E-state index contributed by atoms with van der Waals surface area (Å²) in [5.41, 5.74) is 2.63. The van der Waals surface area contributed by atoms with E-state index in [1.165, 1.54) is 5.56 Å². The van der Waals surface area contributed by atoms with Crippen molar-refractivity contribution in [3.63, 3.8) is 0 Å². The van der Waals surface area contributed by atoms with Gasteiger partial charge in [0.05, 0.1) is 5.39 Å². The van der Waals surface area contributed by atoms with E-state index in [4.69, 9.17) is 4.42 Å². The molecular formula is C15H11BrO2. The Kier molecular flexibility index (Phi) is 2.52. The molecule has 2 aromatic carbocycles. The van der Waals surface area contributed by atoms with Gasteiger partial charge in [-0.3, -0.25) is 0 Å². The van der Waals surface area contributed by atoms with Crippen molar-refractivity contribution in [1.82, 2.24) is 0 Å². The van der Waals surface area contributed by atoms with Crippen molar-refractivity contribution in [2.75, 3.05) is 0 Å². The molecule has 0 atom stereocenters. The van der Waals surface area contributed by atoms with Crippen LogP contribution in [0.25, 0.3) is 21.7 Å². The number of rotatable bonds is 0. The van der Waals surface area contributed by atoms with Gasteiger partial charge in [-0.1, -0.05) is 22.0 Å². The van der Waals surface area contributed by atoms with E-state index in [1.54, 1.807) is 0 Å². The van der Waals surface area contributed by atoms with Crippen molar-refractivity contribution in [3.8, 4) is 0 Å². The molecule has 0 aliphatic carbocycles. The molecule has 3 rings (SSSR count). The summed E-state index contributed by atoms with van der Waals surface area (Å²) in [4.78, 5) is 12.0. The zero-order valence-corrected chi connectivity index (χ0v) is 11.7. The first kappa shape index (κ1) is 11.5. The molecule has 0 saturated carbocycles. The Balaban J connectivity index is 2.63. The highest BCUT2D eigenvalue weighted by Crippen LogP contribution is 2.27. The van der Waals surface area contributed by atoms with E-state index in [2.05, 4.69) is 22.0 Å². The maximum Gasteiger partial charge on any atom is 0.344 e. The van der Waals surface area contributed by atoms with Crippen LogP contribution in [0.3, 0.4) is 0 Å². The van der Waals surface area contributed by atoms with Gasteiger partial charge in [0.15, 0.2) is 0 Å². The molecule has 90 valence electrons. The van der Waals surface area contributed by atoms with Crippen LogP contribution in [0.5, 0.6) is 0 Å². The first-order chi connectivity index (χ1) is 8.56. The van der Waals surface area contributed by atoms with Gasteiger partial charge in [-0.25, -0.2) is 4.79 Å². The number of benzene rings is 2. The van der Waals surface area contributed by atoms with Crippen molar-refractivity contribution < 1.29 is 4.42 Å². The second kappa shape index (κ2) is 3.95. The zero-order valence-electron chi connectivity index (χ0n) is 10.1. The first-order valence-electron chi connectivity index (χ1n) is 5.69. The third-order valence-corrected chi connectivity index (χ3v) is 3.78. The van der Waals surface area contributed by atoms with Crippen molar-refractivity contribution in [1.29, 1.82) is 0 Å². The van der Waals surface area contributed by atoms with Gasteiger partial charge in [0, 0.05) is 15.2 Å². The van der Waals surface area contributed by atoms with Crippen LogP contribution >= 0.6 is 15.9 Å². The van der Waals surface area contributed by atoms with Crippen molar-refractivity contribution in [2.45, 2.75) is 13.8 Å². The molecule has 0 fully saturated rings. The maximum absolute atomic E-state index is 12.0. The topological polar surface area (TPSA) is 30.2 Å². The fourth-order valence-electron chi connectivity index (χ4n) is 2.16. The summed E-state index contributed by atoms with van der Waals surface area (Å²) < 4.78 is 6.32. The molecule has 0 N–H and O–H groups in total. The molecule has 0 saturated heterocycles. The maximum atomic E-state index is 12.0. The van der Waals surface area contributed by atoms with E-state index >= 15 is 0 Å². The molecule has 0 radical (unpaired) electrons. The fraction of sp³-hybridized carbons (Fsp3) is 0.133. The molecule has 0 bridgehead atoms. The quantitative estimate of drug-likeness (QED) is 0.457. The zero-order chi connectivity index (χ0) is 12.9. The Morgan fingerprint density at radius 2 is 1.61 bits per heavy atom. The van der Waals surface area contributed by atoms with Gasteiger partial charge >= 0.3 is 5.63 Å². The molecule has 0 spiro atoms. The summed E-state index contributed by atoms with van der Waals surface area (Å²) in [6.07, 6.45) is 0. The lowest BCUT2D eigenvalue weighted by Gasteiger charge is -2.06. The van der Waals surface area contributed by atoms with Gasteiger partial charge in [-0.05, 0) is 49.2 Å². The van der Waals surface area contributed by atoms with E-state index < -0.39 is 0 Å². The minimum atomic E-state index is -0.275. The summed E-state index contributed by atoms with van der Waals surface area (Å²) in [6, 6.07) is 9.62. The molecular weight excluding hydrogens is 292 g/mol. The standard InChI is InChI=1S/C15H11BrO2/c1-8-5-11-12-7-10(16)3-4-14(12)18-15(17)13(11)6-9(8)2/h3-7H,1-2H3. The molecule has 0 amide bonds. The smallest absolute Gasteiger partial charge is 0.344 e. The van der Waals surface area contributed by atoms with Crippen LogP contribution in [-0.4, -0.2) is 0 Å². The van der Waals surface area contributed by atoms with Gasteiger partial charge in [0.1, 0.15) is 5.58 Å². The third-order valence-electron chi connectivity index (χ3n) is 3.29. The average Bonchev–Trinajstić information content (AvgIpc) is 2.33.